The largest absolute Gasteiger partial charge is 0.364 e. The minimum absolute atomic E-state index is 0.0828. The van der Waals surface area contributed by atoms with E-state index < -0.39 is 23.3 Å². The highest BCUT2D eigenvalue weighted by Crippen LogP contribution is 2.30. The first kappa shape index (κ1) is 13.3. The lowest BCUT2D eigenvalue weighted by Gasteiger charge is -2.10. The molecule has 2 aromatic rings. The van der Waals surface area contributed by atoms with E-state index in [0.29, 0.717) is 5.56 Å². The van der Waals surface area contributed by atoms with Gasteiger partial charge in [-0.25, -0.2) is 9.37 Å². The van der Waals surface area contributed by atoms with Crippen molar-refractivity contribution in [2.24, 2.45) is 5.73 Å². The summed E-state index contributed by atoms with van der Waals surface area (Å²) in [6, 6.07) is 5.19. The van der Waals surface area contributed by atoms with Gasteiger partial charge in [0.1, 0.15) is 16.4 Å². The van der Waals surface area contributed by atoms with Gasteiger partial charge >= 0.3 is 0 Å². The summed E-state index contributed by atoms with van der Waals surface area (Å²) in [5, 5.41) is -0.0875. The number of thiazole rings is 1. The Hall–Kier alpha value is -2.67. The van der Waals surface area contributed by atoms with Crippen molar-refractivity contribution in [2.75, 3.05) is 0 Å². The molecule has 0 atom stereocenters. The van der Waals surface area contributed by atoms with Crippen LogP contribution < -0.4 is 5.73 Å². The number of hydrogen-bond acceptors (Lipinski definition) is 5. The molecule has 5 nitrogen and oxygen atoms in total. The standard InChI is InChI=1S/C14H7FN2O3S/c15-7-3-1-6(2-4-7)8-5-9(18)12-10(11(8)19)17-14(21-12)13(16)20/h1-5H,(H2,16,20). The zero-order chi connectivity index (χ0) is 15.1. The van der Waals surface area contributed by atoms with Gasteiger partial charge in [0.25, 0.3) is 5.91 Å². The number of allylic oxidation sites excluding steroid dienone is 2. The van der Waals surface area contributed by atoms with E-state index in [4.69, 9.17) is 5.73 Å². The van der Waals surface area contributed by atoms with Gasteiger partial charge in [-0.1, -0.05) is 12.1 Å². The normalized spacial score (nSPS) is 13.9. The first-order valence-electron chi connectivity index (χ1n) is 5.84. The Morgan fingerprint density at radius 2 is 1.86 bits per heavy atom. The van der Waals surface area contributed by atoms with Crippen molar-refractivity contribution in [3.63, 3.8) is 0 Å². The summed E-state index contributed by atoms with van der Waals surface area (Å²) in [6.45, 7) is 0. The molecule has 0 saturated heterocycles. The van der Waals surface area contributed by atoms with Crippen LogP contribution in [0, 0.1) is 5.82 Å². The third-order valence-corrected chi connectivity index (χ3v) is 4.04. The van der Waals surface area contributed by atoms with E-state index in [1.165, 1.54) is 30.3 Å². The second-order valence-corrected chi connectivity index (χ2v) is 5.32. The predicted octanol–water partition coefficient (Wildman–Crippen LogP) is 1.84. The topological polar surface area (TPSA) is 90.1 Å². The number of hydrogen-bond donors (Lipinski definition) is 1. The minimum atomic E-state index is -0.793. The second-order valence-electron chi connectivity index (χ2n) is 4.32. The van der Waals surface area contributed by atoms with Crippen LogP contribution in [0.3, 0.4) is 0 Å². The van der Waals surface area contributed by atoms with Crippen molar-refractivity contribution in [3.05, 3.63) is 57.3 Å². The van der Waals surface area contributed by atoms with E-state index in [0.717, 1.165) is 11.3 Å². The number of primary amides is 1. The number of fused-ring (bicyclic) bond motifs is 1. The van der Waals surface area contributed by atoms with E-state index >= 15 is 0 Å². The highest BCUT2D eigenvalue weighted by Gasteiger charge is 2.31. The number of aromatic nitrogens is 1. The molecule has 1 heterocycles. The Labute approximate surface area is 121 Å². The fourth-order valence-electron chi connectivity index (χ4n) is 1.98. The number of halogens is 1. The molecule has 1 aliphatic carbocycles. The number of nitrogens with zero attached hydrogens (tertiary/aromatic N) is 1. The van der Waals surface area contributed by atoms with Crippen molar-refractivity contribution in [1.29, 1.82) is 0 Å². The molecule has 0 spiro atoms. The van der Waals surface area contributed by atoms with E-state index in [9.17, 15) is 18.8 Å². The lowest BCUT2D eigenvalue weighted by molar-refractivity contribution is 0.0994. The third kappa shape index (κ3) is 2.17. The lowest BCUT2D eigenvalue weighted by Crippen LogP contribution is -2.15. The molecule has 0 aliphatic heterocycles. The molecule has 1 amide bonds. The molecule has 0 bridgehead atoms. The fraction of sp³-hybridized carbons (Fsp3) is 0. The highest BCUT2D eigenvalue weighted by atomic mass is 32.1. The maximum absolute atomic E-state index is 12.9. The van der Waals surface area contributed by atoms with Crippen molar-refractivity contribution in [1.82, 2.24) is 4.98 Å². The quantitative estimate of drug-likeness (QED) is 0.916. The maximum Gasteiger partial charge on any atom is 0.277 e. The van der Waals surface area contributed by atoms with Crippen LogP contribution in [-0.2, 0) is 0 Å². The van der Waals surface area contributed by atoms with Gasteiger partial charge in [-0.05, 0) is 23.8 Å². The fourth-order valence-corrected chi connectivity index (χ4v) is 2.81. The molecule has 0 fully saturated rings. The molecule has 0 saturated carbocycles. The number of carbonyl (C=O) groups is 3. The smallest absolute Gasteiger partial charge is 0.277 e. The molecule has 1 aliphatic rings. The molecule has 0 unspecified atom stereocenters. The van der Waals surface area contributed by atoms with Crippen LogP contribution in [0.25, 0.3) is 5.57 Å². The van der Waals surface area contributed by atoms with Gasteiger partial charge in [0, 0.05) is 5.57 Å². The number of ketones is 2. The van der Waals surface area contributed by atoms with Crippen LogP contribution in [0.5, 0.6) is 0 Å². The maximum atomic E-state index is 12.9. The zero-order valence-corrected chi connectivity index (χ0v) is 11.2. The molecule has 2 N–H and O–H groups in total. The molecule has 104 valence electrons. The zero-order valence-electron chi connectivity index (χ0n) is 10.4. The number of Topliss-reactive ketones (excluding diaryl/α,β-unsaturated/α-hetero) is 1. The summed E-state index contributed by atoms with van der Waals surface area (Å²) in [4.78, 5) is 39.4. The van der Waals surface area contributed by atoms with E-state index in [-0.39, 0.29) is 21.2 Å². The van der Waals surface area contributed by atoms with Crippen molar-refractivity contribution in [2.45, 2.75) is 0 Å². The number of nitrogens with two attached hydrogens (primary N) is 1. The van der Waals surface area contributed by atoms with Gasteiger partial charge in [0.05, 0.1) is 0 Å². The number of benzene rings is 1. The monoisotopic (exact) mass is 302 g/mol. The SMILES string of the molecule is NC(=O)c1nc2c(s1)C(=O)C=C(c1ccc(F)cc1)C2=O. The summed E-state index contributed by atoms with van der Waals surface area (Å²) >= 11 is 0.794. The summed E-state index contributed by atoms with van der Waals surface area (Å²) < 4.78 is 12.9. The molecular weight excluding hydrogens is 295 g/mol. The van der Waals surface area contributed by atoms with Gasteiger partial charge < -0.3 is 5.73 Å². The molecule has 0 radical (unpaired) electrons. The Bertz CT molecular complexity index is 821. The number of amides is 1. The molecule has 1 aromatic carbocycles. The number of rotatable bonds is 2. The van der Waals surface area contributed by atoms with Crippen LogP contribution >= 0.6 is 11.3 Å². The summed E-state index contributed by atoms with van der Waals surface area (Å²) in [5.41, 5.74) is 5.55. The average Bonchev–Trinajstić information content (AvgIpc) is 2.90. The first-order valence-corrected chi connectivity index (χ1v) is 6.66. The Morgan fingerprint density at radius 1 is 1.19 bits per heavy atom. The Kier molecular flexibility index (Phi) is 2.99. The van der Waals surface area contributed by atoms with E-state index in [2.05, 4.69) is 4.98 Å². The van der Waals surface area contributed by atoms with Crippen LogP contribution in [0.2, 0.25) is 0 Å². The lowest BCUT2D eigenvalue weighted by atomic mass is 9.93. The minimum Gasteiger partial charge on any atom is -0.364 e. The summed E-state index contributed by atoms with van der Waals surface area (Å²) in [6.07, 6.45) is 1.17. The van der Waals surface area contributed by atoms with E-state index in [1.54, 1.807) is 0 Å². The van der Waals surface area contributed by atoms with Gasteiger partial charge in [-0.3, -0.25) is 14.4 Å². The van der Waals surface area contributed by atoms with Crippen molar-refractivity contribution in [3.8, 4) is 0 Å². The van der Waals surface area contributed by atoms with Crippen molar-refractivity contribution < 1.29 is 18.8 Å². The molecule has 21 heavy (non-hydrogen) atoms. The first-order chi connectivity index (χ1) is 9.97. The number of carbonyl (C=O) groups excluding carboxylic acids is 3. The van der Waals surface area contributed by atoms with E-state index in [1.807, 2.05) is 0 Å². The van der Waals surface area contributed by atoms with Crippen LogP contribution in [-0.4, -0.2) is 22.5 Å². The average molecular weight is 302 g/mol. The molecule has 7 heteroatoms. The molecule has 3 rings (SSSR count). The van der Waals surface area contributed by atoms with Gasteiger partial charge in [-0.15, -0.1) is 11.3 Å². The van der Waals surface area contributed by atoms with Gasteiger partial charge in [0.2, 0.25) is 5.78 Å². The summed E-state index contributed by atoms with van der Waals surface area (Å²) in [7, 11) is 0. The third-order valence-electron chi connectivity index (χ3n) is 2.95. The molecule has 1 aromatic heterocycles. The van der Waals surface area contributed by atoms with Crippen LogP contribution in [0.1, 0.15) is 35.5 Å². The van der Waals surface area contributed by atoms with Crippen LogP contribution in [0.4, 0.5) is 4.39 Å². The highest BCUT2D eigenvalue weighted by molar-refractivity contribution is 7.16. The Morgan fingerprint density at radius 3 is 2.48 bits per heavy atom. The predicted molar refractivity (Wildman–Crippen MR) is 73.7 cm³/mol. The van der Waals surface area contributed by atoms with Crippen LogP contribution in [0.15, 0.2) is 30.3 Å². The summed E-state index contributed by atoms with van der Waals surface area (Å²) in [5.74, 6) is -2.15. The molecular formula is C14H7FN2O3S. The van der Waals surface area contributed by atoms with Gasteiger partial charge in [-0.2, -0.15) is 0 Å². The Balaban J connectivity index is 2.09. The second kappa shape index (κ2) is 4.71. The van der Waals surface area contributed by atoms with Gasteiger partial charge in [0.15, 0.2) is 10.8 Å². The van der Waals surface area contributed by atoms with Crippen molar-refractivity contribution >= 4 is 34.4 Å².